The Hall–Kier alpha value is -1.75. The lowest BCUT2D eigenvalue weighted by Gasteiger charge is -2.06. The molecule has 0 spiro atoms. The third-order valence-electron chi connectivity index (χ3n) is 1.60. The molecule has 1 rings (SSSR count). The number of benzene rings is 1. The van der Waals surface area contributed by atoms with Gasteiger partial charge in [0.2, 0.25) is 0 Å². The van der Waals surface area contributed by atoms with Crippen molar-refractivity contribution in [2.24, 2.45) is 5.73 Å². The number of hydrogen-bond donors (Lipinski definition) is 2. The predicted octanol–water partition coefficient (Wildman–Crippen LogP) is 0.564. The molecule has 1 aromatic rings. The number of primary amides is 1. The van der Waals surface area contributed by atoms with Crippen LogP contribution in [0.3, 0.4) is 0 Å². The molecule has 0 atom stereocenters. The van der Waals surface area contributed by atoms with Crippen molar-refractivity contribution in [3.63, 3.8) is 0 Å². The molecule has 0 saturated heterocycles. The molecule has 1 aromatic carbocycles. The van der Waals surface area contributed by atoms with Crippen LogP contribution >= 0.6 is 11.6 Å². The van der Waals surface area contributed by atoms with Crippen LogP contribution < -0.4 is 11.5 Å². The van der Waals surface area contributed by atoms with Gasteiger partial charge in [-0.2, -0.15) is 0 Å². The molecule has 0 fully saturated rings. The molecule has 0 heterocycles. The summed E-state index contributed by atoms with van der Waals surface area (Å²) in [6, 6.07) is 4.61. The first kappa shape index (κ1) is 11.3. The quantitative estimate of drug-likeness (QED) is 0.584. The number of hydrogen-bond acceptors (Lipinski definition) is 4. The monoisotopic (exact) mass is 228 g/mol. The minimum Gasteiger partial charge on any atom is -0.452 e. The molecule has 0 aliphatic carbocycles. The molecule has 1 amide bonds. The van der Waals surface area contributed by atoms with Crippen molar-refractivity contribution in [2.45, 2.75) is 0 Å². The van der Waals surface area contributed by atoms with E-state index in [2.05, 4.69) is 4.74 Å². The average Bonchev–Trinajstić information content (AvgIpc) is 2.14. The third-order valence-corrected chi connectivity index (χ3v) is 1.91. The number of rotatable bonds is 3. The third kappa shape index (κ3) is 2.85. The van der Waals surface area contributed by atoms with Gasteiger partial charge in [0, 0.05) is 5.69 Å². The smallest absolute Gasteiger partial charge is 0.342 e. The van der Waals surface area contributed by atoms with E-state index in [4.69, 9.17) is 23.1 Å². The Bertz CT molecular complexity index is 386. The Kier molecular flexibility index (Phi) is 3.51. The van der Waals surface area contributed by atoms with E-state index in [0.717, 1.165) is 0 Å². The highest BCUT2D eigenvalue weighted by atomic mass is 35.5. The summed E-state index contributed by atoms with van der Waals surface area (Å²) in [6.07, 6.45) is 0. The van der Waals surface area contributed by atoms with E-state index in [1.54, 1.807) is 6.07 Å². The van der Waals surface area contributed by atoms with E-state index in [1.807, 2.05) is 0 Å². The number of anilines is 1. The van der Waals surface area contributed by atoms with Crippen molar-refractivity contribution in [3.8, 4) is 0 Å². The molecule has 0 aliphatic heterocycles. The fourth-order valence-corrected chi connectivity index (χ4v) is 1.22. The first-order valence-electron chi connectivity index (χ1n) is 4.01. The summed E-state index contributed by atoms with van der Waals surface area (Å²) in [4.78, 5) is 21.8. The first-order valence-corrected chi connectivity index (χ1v) is 4.39. The number of carbonyl (C=O) groups excluding carboxylic acids is 2. The van der Waals surface area contributed by atoms with Crippen molar-refractivity contribution in [1.82, 2.24) is 0 Å². The first-order chi connectivity index (χ1) is 7.02. The van der Waals surface area contributed by atoms with Crippen LogP contribution in [0, 0.1) is 0 Å². The number of amides is 1. The lowest BCUT2D eigenvalue weighted by atomic mass is 10.2. The molecule has 80 valence electrons. The van der Waals surface area contributed by atoms with Crippen molar-refractivity contribution < 1.29 is 14.3 Å². The Morgan fingerprint density at radius 1 is 1.40 bits per heavy atom. The van der Waals surface area contributed by atoms with Gasteiger partial charge in [-0.1, -0.05) is 17.7 Å². The normalized spacial score (nSPS) is 9.67. The van der Waals surface area contributed by atoms with E-state index in [0.29, 0.717) is 0 Å². The van der Waals surface area contributed by atoms with Gasteiger partial charge in [-0.25, -0.2) is 4.79 Å². The zero-order chi connectivity index (χ0) is 11.4. The summed E-state index contributed by atoms with van der Waals surface area (Å²) >= 11 is 5.74. The van der Waals surface area contributed by atoms with Crippen LogP contribution in [-0.4, -0.2) is 18.5 Å². The maximum atomic E-state index is 11.4. The van der Waals surface area contributed by atoms with Gasteiger partial charge in [-0.3, -0.25) is 4.79 Å². The van der Waals surface area contributed by atoms with Crippen molar-refractivity contribution in [3.05, 3.63) is 28.8 Å². The summed E-state index contributed by atoms with van der Waals surface area (Å²) < 4.78 is 4.57. The fourth-order valence-electron chi connectivity index (χ4n) is 0.965. The van der Waals surface area contributed by atoms with Crippen LogP contribution in [0.1, 0.15) is 10.4 Å². The highest BCUT2D eigenvalue weighted by molar-refractivity contribution is 6.34. The maximum absolute atomic E-state index is 11.4. The van der Waals surface area contributed by atoms with Gasteiger partial charge in [0.05, 0.1) is 5.02 Å². The summed E-state index contributed by atoms with van der Waals surface area (Å²) in [5.41, 5.74) is 10.6. The number of nitrogens with two attached hydrogens (primary N) is 2. The molecule has 0 bridgehead atoms. The highest BCUT2D eigenvalue weighted by Crippen LogP contribution is 2.22. The molecule has 0 unspecified atom stereocenters. The van der Waals surface area contributed by atoms with Crippen molar-refractivity contribution in [1.29, 1.82) is 0 Å². The molecule has 15 heavy (non-hydrogen) atoms. The maximum Gasteiger partial charge on any atom is 0.342 e. The minimum absolute atomic E-state index is 0.0421. The SMILES string of the molecule is NC(=O)COC(=O)c1c(N)cccc1Cl. The van der Waals surface area contributed by atoms with E-state index < -0.39 is 18.5 Å². The van der Waals surface area contributed by atoms with Gasteiger partial charge in [0.25, 0.3) is 5.91 Å². The zero-order valence-electron chi connectivity index (χ0n) is 7.70. The van der Waals surface area contributed by atoms with Crippen LogP contribution in [-0.2, 0) is 9.53 Å². The Labute approximate surface area is 90.9 Å². The van der Waals surface area contributed by atoms with Gasteiger partial charge < -0.3 is 16.2 Å². The Morgan fingerprint density at radius 2 is 2.07 bits per heavy atom. The van der Waals surface area contributed by atoms with E-state index in [1.165, 1.54) is 12.1 Å². The molecule has 6 heteroatoms. The Morgan fingerprint density at radius 3 is 2.60 bits per heavy atom. The van der Waals surface area contributed by atoms with Gasteiger partial charge >= 0.3 is 5.97 Å². The molecule has 0 aliphatic rings. The van der Waals surface area contributed by atoms with Gasteiger partial charge in [-0.15, -0.1) is 0 Å². The molecule has 0 radical (unpaired) electrons. The van der Waals surface area contributed by atoms with E-state index >= 15 is 0 Å². The second kappa shape index (κ2) is 4.65. The van der Waals surface area contributed by atoms with Crippen LogP contribution in [0.15, 0.2) is 18.2 Å². The average molecular weight is 229 g/mol. The summed E-state index contributed by atoms with van der Waals surface area (Å²) in [5, 5.41) is 0.171. The molecular formula is C9H9ClN2O3. The van der Waals surface area contributed by atoms with Crippen LogP contribution in [0.25, 0.3) is 0 Å². The lowest BCUT2D eigenvalue weighted by molar-refractivity contribution is -0.121. The second-order valence-corrected chi connectivity index (χ2v) is 3.15. The highest BCUT2D eigenvalue weighted by Gasteiger charge is 2.15. The number of nitrogen functional groups attached to an aromatic ring is 1. The van der Waals surface area contributed by atoms with Crippen LogP contribution in [0.4, 0.5) is 5.69 Å². The fraction of sp³-hybridized carbons (Fsp3) is 0.111. The lowest BCUT2D eigenvalue weighted by Crippen LogP contribution is -2.21. The topological polar surface area (TPSA) is 95.4 Å². The minimum atomic E-state index is -0.767. The van der Waals surface area contributed by atoms with Gasteiger partial charge in [0.1, 0.15) is 5.56 Å². The number of ether oxygens (including phenoxy) is 1. The van der Waals surface area contributed by atoms with E-state index in [-0.39, 0.29) is 16.3 Å². The summed E-state index contributed by atoms with van der Waals surface area (Å²) in [5.74, 6) is -1.51. The van der Waals surface area contributed by atoms with Crippen LogP contribution in [0.5, 0.6) is 0 Å². The zero-order valence-corrected chi connectivity index (χ0v) is 8.45. The summed E-state index contributed by atoms with van der Waals surface area (Å²) in [7, 11) is 0. The van der Waals surface area contributed by atoms with E-state index in [9.17, 15) is 9.59 Å². The van der Waals surface area contributed by atoms with Crippen LogP contribution in [0.2, 0.25) is 5.02 Å². The van der Waals surface area contributed by atoms with Crippen molar-refractivity contribution >= 4 is 29.2 Å². The number of carbonyl (C=O) groups is 2. The standard InChI is InChI=1S/C9H9ClN2O3/c10-5-2-1-3-6(11)8(5)9(14)15-4-7(12)13/h1-3H,4,11H2,(H2,12,13). The second-order valence-electron chi connectivity index (χ2n) is 2.75. The van der Waals surface area contributed by atoms with Crippen molar-refractivity contribution in [2.75, 3.05) is 12.3 Å². The molecule has 0 saturated carbocycles. The largest absolute Gasteiger partial charge is 0.452 e. The number of esters is 1. The molecule has 4 N–H and O–H groups in total. The predicted molar refractivity (Wildman–Crippen MR) is 55.3 cm³/mol. The Balaban J connectivity index is 2.86. The molecule has 0 aromatic heterocycles. The molecular weight excluding hydrogens is 220 g/mol. The molecule has 5 nitrogen and oxygen atoms in total. The summed E-state index contributed by atoms with van der Waals surface area (Å²) in [6.45, 7) is -0.497. The van der Waals surface area contributed by atoms with Gasteiger partial charge in [-0.05, 0) is 12.1 Å². The number of halogens is 1. The van der Waals surface area contributed by atoms with Gasteiger partial charge in [0.15, 0.2) is 6.61 Å².